The minimum Gasteiger partial charge on any atom is -0.460 e. The van der Waals surface area contributed by atoms with Crippen molar-refractivity contribution in [2.75, 3.05) is 33.2 Å². The predicted octanol–water partition coefficient (Wildman–Crippen LogP) is 1.80. The van der Waals surface area contributed by atoms with Crippen LogP contribution in [0.1, 0.15) is 13.8 Å². The van der Waals surface area contributed by atoms with Crippen molar-refractivity contribution in [1.82, 2.24) is 19.6 Å². The van der Waals surface area contributed by atoms with Gasteiger partial charge < -0.3 is 14.5 Å². The first kappa shape index (κ1) is 16.5. The number of piperazine rings is 1. The highest BCUT2D eigenvalue weighted by Gasteiger charge is 2.35. The number of hydrogen-bond donors (Lipinski definition) is 0. The van der Waals surface area contributed by atoms with Crippen molar-refractivity contribution in [3.63, 3.8) is 0 Å². The smallest absolute Gasteiger partial charge is 0.266 e. The van der Waals surface area contributed by atoms with Crippen molar-refractivity contribution in [3.05, 3.63) is 42.6 Å². The van der Waals surface area contributed by atoms with Gasteiger partial charge in [0.2, 0.25) is 5.88 Å². The Hall–Kier alpha value is -2.34. The monoisotopic (exact) mass is 328 g/mol. The Kier molecular flexibility index (Phi) is 4.57. The van der Waals surface area contributed by atoms with Crippen LogP contribution < -0.4 is 4.74 Å². The highest BCUT2D eigenvalue weighted by molar-refractivity contribution is 5.84. The van der Waals surface area contributed by atoms with Crippen LogP contribution in [-0.2, 0) is 4.79 Å². The van der Waals surface area contributed by atoms with Crippen LogP contribution in [0.3, 0.4) is 0 Å². The molecule has 0 aliphatic carbocycles. The van der Waals surface area contributed by atoms with Gasteiger partial charge in [-0.15, -0.1) is 5.10 Å². The van der Waals surface area contributed by atoms with Crippen molar-refractivity contribution in [1.29, 1.82) is 0 Å². The lowest BCUT2D eigenvalue weighted by atomic mass is 10.1. The van der Waals surface area contributed by atoms with Crippen molar-refractivity contribution in [3.8, 4) is 11.6 Å². The largest absolute Gasteiger partial charge is 0.460 e. The third kappa shape index (κ3) is 3.59. The molecule has 0 unspecified atom stereocenters. The van der Waals surface area contributed by atoms with E-state index in [9.17, 15) is 4.79 Å². The first-order valence-electron chi connectivity index (χ1n) is 8.24. The summed E-state index contributed by atoms with van der Waals surface area (Å²) in [5.41, 5.74) is 0.0155. The number of carbonyl (C=O) groups excluding carboxylic acids is 1. The number of carbonyl (C=O) groups is 1. The van der Waals surface area contributed by atoms with Gasteiger partial charge in [-0.2, -0.15) is 0 Å². The molecule has 24 heavy (non-hydrogen) atoms. The summed E-state index contributed by atoms with van der Waals surface area (Å²) in [6.07, 6.45) is 1.83. The van der Waals surface area contributed by atoms with E-state index in [2.05, 4.69) is 17.0 Å². The van der Waals surface area contributed by atoms with Gasteiger partial charge in [-0.1, -0.05) is 18.2 Å². The van der Waals surface area contributed by atoms with Crippen LogP contribution in [-0.4, -0.2) is 64.3 Å². The fraction of sp³-hybridized carbons (Fsp3) is 0.444. The highest BCUT2D eigenvalue weighted by atomic mass is 16.5. The van der Waals surface area contributed by atoms with Gasteiger partial charge in [-0.25, -0.2) is 4.68 Å². The molecular formula is C18H24N4O2. The van der Waals surface area contributed by atoms with Crippen LogP contribution in [0.25, 0.3) is 5.69 Å². The minimum absolute atomic E-state index is 0.00450. The zero-order valence-corrected chi connectivity index (χ0v) is 14.5. The Morgan fingerprint density at radius 3 is 2.42 bits per heavy atom. The second-order valence-corrected chi connectivity index (χ2v) is 6.64. The molecule has 3 rings (SSSR count). The number of nitrogens with zero attached hydrogens (tertiary/aromatic N) is 4. The fourth-order valence-corrected chi connectivity index (χ4v) is 2.78. The average molecular weight is 328 g/mol. The van der Waals surface area contributed by atoms with E-state index in [1.54, 1.807) is 24.6 Å². The zero-order valence-electron chi connectivity index (χ0n) is 14.5. The van der Waals surface area contributed by atoms with E-state index in [4.69, 9.17) is 4.74 Å². The molecule has 0 atom stereocenters. The predicted molar refractivity (Wildman–Crippen MR) is 92.3 cm³/mol. The number of amides is 1. The summed E-state index contributed by atoms with van der Waals surface area (Å²) < 4.78 is 7.65. The second-order valence-electron chi connectivity index (χ2n) is 6.64. The normalized spacial score (nSPS) is 16.2. The SMILES string of the molecule is CN1CCN(C(=O)C(C)(C)Oc2ccn(-c3ccccc3)n2)CC1. The summed E-state index contributed by atoms with van der Waals surface area (Å²) in [5, 5.41) is 4.42. The topological polar surface area (TPSA) is 50.6 Å². The number of likely N-dealkylation sites (N-methyl/N-ethyl adjacent to an activating group) is 1. The van der Waals surface area contributed by atoms with Crippen LogP contribution in [0, 0.1) is 0 Å². The van der Waals surface area contributed by atoms with Gasteiger partial charge >= 0.3 is 0 Å². The molecule has 0 N–H and O–H groups in total. The summed E-state index contributed by atoms with van der Waals surface area (Å²) in [4.78, 5) is 16.8. The molecule has 1 aliphatic rings. The van der Waals surface area contributed by atoms with Gasteiger partial charge in [0.05, 0.1) is 5.69 Å². The molecule has 128 valence electrons. The molecule has 1 aromatic heterocycles. The van der Waals surface area contributed by atoms with Crippen LogP contribution in [0.15, 0.2) is 42.6 Å². The number of rotatable bonds is 4. The van der Waals surface area contributed by atoms with Gasteiger partial charge in [0, 0.05) is 38.4 Å². The first-order valence-corrected chi connectivity index (χ1v) is 8.24. The molecule has 2 heterocycles. The molecule has 1 fully saturated rings. The van der Waals surface area contributed by atoms with Crippen molar-refractivity contribution < 1.29 is 9.53 Å². The third-order valence-electron chi connectivity index (χ3n) is 4.25. The van der Waals surface area contributed by atoms with Crippen LogP contribution >= 0.6 is 0 Å². The quantitative estimate of drug-likeness (QED) is 0.859. The standard InChI is InChI=1S/C18H24N4O2/c1-18(2,17(23)21-13-11-20(3)12-14-21)24-16-9-10-22(19-16)15-7-5-4-6-8-15/h4-10H,11-14H2,1-3H3. The summed E-state index contributed by atoms with van der Waals surface area (Å²) in [7, 11) is 2.07. The molecule has 1 aromatic carbocycles. The lowest BCUT2D eigenvalue weighted by molar-refractivity contribution is -0.147. The Morgan fingerprint density at radius 2 is 1.75 bits per heavy atom. The number of ether oxygens (including phenoxy) is 1. The van der Waals surface area contributed by atoms with Crippen LogP contribution in [0.4, 0.5) is 0 Å². The van der Waals surface area contributed by atoms with E-state index >= 15 is 0 Å². The van der Waals surface area contributed by atoms with Gasteiger partial charge in [0.25, 0.3) is 5.91 Å². The maximum absolute atomic E-state index is 12.8. The number of aromatic nitrogens is 2. The molecular weight excluding hydrogens is 304 g/mol. The third-order valence-corrected chi connectivity index (χ3v) is 4.25. The summed E-state index contributed by atoms with van der Waals surface area (Å²) in [6.45, 7) is 6.86. The molecule has 1 aliphatic heterocycles. The van der Waals surface area contributed by atoms with Crippen molar-refractivity contribution in [2.24, 2.45) is 0 Å². The Balaban J connectivity index is 1.68. The number of hydrogen-bond acceptors (Lipinski definition) is 4. The molecule has 0 saturated carbocycles. The van der Waals surface area contributed by atoms with Crippen LogP contribution in [0.5, 0.6) is 5.88 Å². The minimum atomic E-state index is -0.939. The lowest BCUT2D eigenvalue weighted by Gasteiger charge is -2.36. The number of benzene rings is 1. The molecule has 2 aromatic rings. The van der Waals surface area contributed by atoms with Crippen molar-refractivity contribution in [2.45, 2.75) is 19.4 Å². The summed E-state index contributed by atoms with van der Waals surface area (Å²) in [5.74, 6) is 0.455. The van der Waals surface area contributed by atoms with Gasteiger partial charge in [0.1, 0.15) is 0 Å². The fourth-order valence-electron chi connectivity index (χ4n) is 2.78. The summed E-state index contributed by atoms with van der Waals surface area (Å²) >= 11 is 0. The molecule has 6 nitrogen and oxygen atoms in total. The molecule has 0 radical (unpaired) electrons. The van der Waals surface area contributed by atoms with Gasteiger partial charge in [-0.05, 0) is 33.0 Å². The Labute approximate surface area is 142 Å². The van der Waals surface area contributed by atoms with E-state index in [0.717, 1.165) is 31.9 Å². The maximum atomic E-state index is 12.8. The molecule has 1 amide bonds. The van der Waals surface area contributed by atoms with Crippen molar-refractivity contribution >= 4 is 5.91 Å². The average Bonchev–Trinajstić information content (AvgIpc) is 3.03. The molecule has 1 saturated heterocycles. The summed E-state index contributed by atoms with van der Waals surface area (Å²) in [6, 6.07) is 11.6. The Morgan fingerprint density at radius 1 is 1.08 bits per heavy atom. The highest BCUT2D eigenvalue weighted by Crippen LogP contribution is 2.20. The van der Waals surface area contributed by atoms with Gasteiger partial charge in [-0.3, -0.25) is 4.79 Å². The lowest BCUT2D eigenvalue weighted by Crippen LogP contribution is -2.55. The molecule has 0 bridgehead atoms. The molecule has 0 spiro atoms. The van der Waals surface area contributed by atoms with E-state index in [1.807, 2.05) is 41.4 Å². The van der Waals surface area contributed by atoms with E-state index in [-0.39, 0.29) is 5.91 Å². The van der Waals surface area contributed by atoms with E-state index in [1.165, 1.54) is 0 Å². The van der Waals surface area contributed by atoms with E-state index < -0.39 is 5.60 Å². The second kappa shape index (κ2) is 6.65. The maximum Gasteiger partial charge on any atom is 0.266 e. The zero-order chi connectivity index (χ0) is 17.2. The molecule has 6 heteroatoms. The number of para-hydroxylation sites is 1. The van der Waals surface area contributed by atoms with Crippen LogP contribution in [0.2, 0.25) is 0 Å². The van der Waals surface area contributed by atoms with Gasteiger partial charge in [0.15, 0.2) is 5.60 Å². The Bertz CT molecular complexity index is 688. The van der Waals surface area contributed by atoms with E-state index in [0.29, 0.717) is 5.88 Å². The first-order chi connectivity index (χ1) is 11.5.